The number of ether oxygens (including phenoxy) is 1. The van der Waals surface area contributed by atoms with Gasteiger partial charge in [0.2, 0.25) is 16.4 Å². The molecule has 1 aromatic heterocycles. The summed E-state index contributed by atoms with van der Waals surface area (Å²) in [6.45, 7) is -0.157. The van der Waals surface area contributed by atoms with Crippen LogP contribution in [0.15, 0.2) is 53.7 Å². The molecule has 0 bridgehead atoms. The molecule has 0 radical (unpaired) electrons. The number of carbonyl (C=O) groups excluding carboxylic acids is 1. The Morgan fingerprint density at radius 1 is 1.08 bits per heavy atom. The lowest BCUT2D eigenvalue weighted by atomic mass is 10.3. The number of hydrogen-bond donors (Lipinski definition) is 1. The number of carbonyl (C=O) groups is 1. The van der Waals surface area contributed by atoms with Gasteiger partial charge in [-0.25, -0.2) is 13.5 Å². The maximum atomic E-state index is 12.4. The monoisotopic (exact) mass is 351 g/mol. The minimum Gasteiger partial charge on any atom is -0.457 e. The van der Waals surface area contributed by atoms with Crippen molar-refractivity contribution in [2.24, 2.45) is 0 Å². The normalized spacial score (nSPS) is 11.3. The van der Waals surface area contributed by atoms with E-state index in [9.17, 15) is 13.2 Å². The molecule has 0 unspecified atom stereocenters. The van der Waals surface area contributed by atoms with Crippen LogP contribution >= 0.6 is 0 Å². The van der Waals surface area contributed by atoms with Gasteiger partial charge in [0.05, 0.1) is 11.4 Å². The molecule has 8 nitrogen and oxygen atoms in total. The highest BCUT2D eigenvalue weighted by atomic mass is 32.2. The van der Waals surface area contributed by atoms with Crippen molar-refractivity contribution in [3.63, 3.8) is 0 Å². The summed E-state index contributed by atoms with van der Waals surface area (Å²) in [5.74, 6) is 1.08. The van der Waals surface area contributed by atoms with Crippen LogP contribution in [0.25, 0.3) is 0 Å². The number of amides is 1. The SMILES string of the molecule is CN(CCN(O)C=O)S(=O)(=O)c1ccc(Oc2ccncc2)cc1. The first-order valence-electron chi connectivity index (χ1n) is 6.98. The van der Waals surface area contributed by atoms with E-state index in [2.05, 4.69) is 4.98 Å². The van der Waals surface area contributed by atoms with Crippen LogP contribution in [0.1, 0.15) is 0 Å². The van der Waals surface area contributed by atoms with Gasteiger partial charge in [0.15, 0.2) is 0 Å². The zero-order chi connectivity index (χ0) is 17.6. The number of benzene rings is 1. The van der Waals surface area contributed by atoms with Gasteiger partial charge in [-0.05, 0) is 36.4 Å². The Bertz CT molecular complexity index is 765. The molecule has 1 heterocycles. The second-order valence-corrected chi connectivity index (χ2v) is 6.90. The lowest BCUT2D eigenvalue weighted by Gasteiger charge is -2.18. The first-order valence-corrected chi connectivity index (χ1v) is 8.42. The molecule has 0 aliphatic carbocycles. The van der Waals surface area contributed by atoms with Gasteiger partial charge < -0.3 is 4.74 Å². The van der Waals surface area contributed by atoms with Crippen LogP contribution in [0.3, 0.4) is 0 Å². The molecule has 2 aromatic rings. The molecule has 0 atom stereocenters. The molecular weight excluding hydrogens is 334 g/mol. The van der Waals surface area contributed by atoms with Crippen LogP contribution in [0.2, 0.25) is 0 Å². The van der Waals surface area contributed by atoms with Gasteiger partial charge in [-0.2, -0.15) is 4.31 Å². The molecule has 1 aromatic carbocycles. The minimum absolute atomic E-state index is 0.0349. The number of hydrogen-bond acceptors (Lipinski definition) is 6. The third-order valence-corrected chi connectivity index (χ3v) is 5.05. The zero-order valence-electron chi connectivity index (χ0n) is 12.9. The average Bonchev–Trinajstić information content (AvgIpc) is 2.60. The molecule has 128 valence electrons. The topological polar surface area (TPSA) is 100 Å². The molecule has 1 N–H and O–H groups in total. The molecule has 24 heavy (non-hydrogen) atoms. The van der Waals surface area contributed by atoms with E-state index in [4.69, 9.17) is 9.94 Å². The van der Waals surface area contributed by atoms with Gasteiger partial charge in [-0.15, -0.1) is 0 Å². The highest BCUT2D eigenvalue weighted by Gasteiger charge is 2.21. The number of hydroxylamine groups is 2. The number of aromatic nitrogens is 1. The summed E-state index contributed by atoms with van der Waals surface area (Å²) in [4.78, 5) is 14.3. The molecule has 2 rings (SSSR count). The van der Waals surface area contributed by atoms with Crippen LogP contribution in [0, 0.1) is 0 Å². The fourth-order valence-electron chi connectivity index (χ4n) is 1.82. The Morgan fingerprint density at radius 2 is 1.67 bits per heavy atom. The van der Waals surface area contributed by atoms with Crippen molar-refractivity contribution in [3.8, 4) is 11.5 Å². The predicted molar refractivity (Wildman–Crippen MR) is 85.1 cm³/mol. The van der Waals surface area contributed by atoms with Crippen LogP contribution in [-0.4, -0.2) is 54.5 Å². The summed E-state index contributed by atoms with van der Waals surface area (Å²) < 4.78 is 31.4. The highest BCUT2D eigenvalue weighted by Crippen LogP contribution is 2.23. The smallest absolute Gasteiger partial charge is 0.242 e. The maximum absolute atomic E-state index is 12.4. The van der Waals surface area contributed by atoms with Crippen LogP contribution in [0.5, 0.6) is 11.5 Å². The van der Waals surface area contributed by atoms with E-state index < -0.39 is 10.0 Å². The van der Waals surface area contributed by atoms with Gasteiger partial charge in [0.1, 0.15) is 11.5 Å². The van der Waals surface area contributed by atoms with Gasteiger partial charge in [0.25, 0.3) is 0 Å². The second-order valence-electron chi connectivity index (χ2n) is 4.85. The summed E-state index contributed by atoms with van der Waals surface area (Å²) in [6, 6.07) is 9.33. The summed E-state index contributed by atoms with van der Waals surface area (Å²) in [6.07, 6.45) is 3.39. The summed E-state index contributed by atoms with van der Waals surface area (Å²) >= 11 is 0. The summed E-state index contributed by atoms with van der Waals surface area (Å²) in [7, 11) is -2.35. The molecule has 0 aliphatic heterocycles. The number of rotatable bonds is 8. The minimum atomic E-state index is -3.72. The quantitative estimate of drug-likeness (QED) is 0.438. The van der Waals surface area contributed by atoms with E-state index in [-0.39, 0.29) is 24.4 Å². The van der Waals surface area contributed by atoms with Crippen molar-refractivity contribution in [1.82, 2.24) is 14.4 Å². The van der Waals surface area contributed by atoms with E-state index in [1.165, 1.54) is 19.2 Å². The second kappa shape index (κ2) is 7.86. The first kappa shape index (κ1) is 17.9. The lowest BCUT2D eigenvalue weighted by Crippen LogP contribution is -2.34. The molecule has 1 amide bonds. The molecular formula is C15H17N3O5S. The number of sulfonamides is 1. The molecule has 0 aliphatic rings. The number of pyridine rings is 1. The molecule has 0 saturated carbocycles. The van der Waals surface area contributed by atoms with Gasteiger partial charge in [-0.1, -0.05) is 0 Å². The largest absolute Gasteiger partial charge is 0.457 e. The van der Waals surface area contributed by atoms with Crippen molar-refractivity contribution in [2.45, 2.75) is 4.90 Å². The fraction of sp³-hybridized carbons (Fsp3) is 0.200. The Balaban J connectivity index is 2.07. The van der Waals surface area contributed by atoms with Gasteiger partial charge in [0, 0.05) is 26.0 Å². The third-order valence-electron chi connectivity index (χ3n) is 3.18. The number of likely N-dealkylation sites (N-methyl/N-ethyl adjacent to an activating group) is 1. The number of nitrogens with zero attached hydrogens (tertiary/aromatic N) is 3. The first-order chi connectivity index (χ1) is 11.4. The Morgan fingerprint density at radius 3 is 2.25 bits per heavy atom. The molecule has 0 saturated heterocycles. The molecule has 0 fully saturated rings. The van der Waals surface area contributed by atoms with Crippen LogP contribution < -0.4 is 4.74 Å². The van der Waals surface area contributed by atoms with Gasteiger partial charge in [-0.3, -0.25) is 15.0 Å². The molecule has 0 spiro atoms. The zero-order valence-corrected chi connectivity index (χ0v) is 13.8. The Kier molecular flexibility index (Phi) is 5.85. The van der Waals surface area contributed by atoms with E-state index in [1.54, 1.807) is 36.7 Å². The van der Waals surface area contributed by atoms with Crippen molar-refractivity contribution < 1.29 is 23.2 Å². The lowest BCUT2D eigenvalue weighted by molar-refractivity contribution is -0.149. The summed E-state index contributed by atoms with van der Waals surface area (Å²) in [5, 5.41) is 9.43. The predicted octanol–water partition coefficient (Wildman–Crippen LogP) is 1.34. The Labute approximate surface area is 139 Å². The van der Waals surface area contributed by atoms with E-state index >= 15 is 0 Å². The van der Waals surface area contributed by atoms with E-state index in [0.29, 0.717) is 16.6 Å². The van der Waals surface area contributed by atoms with Crippen molar-refractivity contribution in [2.75, 3.05) is 20.1 Å². The van der Waals surface area contributed by atoms with Crippen molar-refractivity contribution >= 4 is 16.4 Å². The fourth-order valence-corrected chi connectivity index (χ4v) is 2.98. The standard InChI is InChI=1S/C15H17N3O5S/c1-17(10-11-18(20)12-19)24(21,22)15-4-2-13(3-5-15)23-14-6-8-16-9-7-14/h2-9,12,20H,10-11H2,1H3. The Hall–Kier alpha value is -2.49. The van der Waals surface area contributed by atoms with Crippen molar-refractivity contribution in [1.29, 1.82) is 0 Å². The van der Waals surface area contributed by atoms with Crippen LogP contribution in [-0.2, 0) is 14.8 Å². The highest BCUT2D eigenvalue weighted by molar-refractivity contribution is 7.89. The maximum Gasteiger partial charge on any atom is 0.242 e. The van der Waals surface area contributed by atoms with Crippen LogP contribution in [0.4, 0.5) is 0 Å². The van der Waals surface area contributed by atoms with Gasteiger partial charge >= 0.3 is 0 Å². The molecule has 9 heteroatoms. The summed E-state index contributed by atoms with van der Waals surface area (Å²) in [5.41, 5.74) is 0. The van der Waals surface area contributed by atoms with E-state index in [0.717, 1.165) is 4.31 Å². The van der Waals surface area contributed by atoms with E-state index in [1.807, 2.05) is 0 Å². The van der Waals surface area contributed by atoms with Crippen molar-refractivity contribution in [3.05, 3.63) is 48.8 Å². The average molecular weight is 351 g/mol. The third kappa shape index (κ3) is 4.51.